The molecule has 1 atom stereocenters. The summed E-state index contributed by atoms with van der Waals surface area (Å²) in [7, 11) is 0. The predicted octanol–water partition coefficient (Wildman–Crippen LogP) is -2.33. The van der Waals surface area contributed by atoms with E-state index in [1.54, 1.807) is 0 Å². The van der Waals surface area contributed by atoms with Crippen LogP contribution in [-0.2, 0) is 14.4 Å². The third-order valence-corrected chi connectivity index (χ3v) is 1.29. The van der Waals surface area contributed by atoms with Crippen molar-refractivity contribution in [3.8, 4) is 0 Å². The minimum atomic E-state index is -2.74. The molecule has 1 unspecified atom stereocenters. The van der Waals surface area contributed by atoms with Crippen molar-refractivity contribution >= 4 is 99.6 Å². The smallest absolute Gasteiger partial charge is 0.336 e. The van der Waals surface area contributed by atoms with Gasteiger partial charge in [-0.3, -0.25) is 9.59 Å². The molecule has 0 aliphatic rings. The quantitative estimate of drug-likeness (QED) is 0.330. The van der Waals surface area contributed by atoms with Gasteiger partial charge in [-0.1, -0.05) is 0 Å². The van der Waals surface area contributed by atoms with Gasteiger partial charge in [0, 0.05) is 71.8 Å². The molecule has 0 saturated heterocycles. The van der Waals surface area contributed by atoms with E-state index in [4.69, 9.17) is 20.4 Å². The van der Waals surface area contributed by atoms with Crippen LogP contribution < -0.4 is 0 Å². The molecular weight excluding hydrogens is 308 g/mol. The summed E-state index contributed by atoms with van der Waals surface area (Å²) in [5.74, 6) is -5.02. The van der Waals surface area contributed by atoms with Gasteiger partial charge in [-0.05, 0) is 0 Å². The number of carboxylic acid groups (broad SMARTS) is 3. The number of carboxylic acids is 3. The van der Waals surface area contributed by atoms with Crippen molar-refractivity contribution in [2.75, 3.05) is 0 Å². The summed E-state index contributed by atoms with van der Waals surface area (Å²) in [5, 5.41) is 33.8. The third-order valence-electron chi connectivity index (χ3n) is 1.29. The second kappa shape index (κ2) is 13.5. The molecule has 0 heterocycles. The Morgan fingerprint density at radius 1 is 0.941 bits per heavy atom. The van der Waals surface area contributed by atoms with Gasteiger partial charge < -0.3 is 20.4 Å². The van der Waals surface area contributed by atoms with Crippen molar-refractivity contribution in [1.29, 1.82) is 0 Å². The van der Waals surface area contributed by atoms with Gasteiger partial charge in [-0.25, -0.2) is 4.79 Å². The average molecular weight is 319 g/mol. The Kier molecular flexibility index (Phi) is 24.4. The summed E-state index contributed by atoms with van der Waals surface area (Å²) in [6.45, 7) is 0. The molecule has 11 heteroatoms. The van der Waals surface area contributed by atoms with E-state index < -0.39 is 36.4 Å². The van der Waals surface area contributed by atoms with Gasteiger partial charge >= 0.3 is 17.9 Å². The Labute approximate surface area is 151 Å². The van der Waals surface area contributed by atoms with Crippen molar-refractivity contribution in [2.45, 2.75) is 18.4 Å². The van der Waals surface area contributed by atoms with E-state index in [0.29, 0.717) is 0 Å². The Morgan fingerprint density at radius 3 is 1.29 bits per heavy atom. The van der Waals surface area contributed by atoms with E-state index >= 15 is 0 Å². The molecule has 0 fully saturated rings. The molecule has 4 N–H and O–H groups in total. The van der Waals surface area contributed by atoms with E-state index in [2.05, 4.69) is 0 Å². The van der Waals surface area contributed by atoms with Crippen molar-refractivity contribution in [2.24, 2.45) is 0 Å². The fraction of sp³-hybridized carbons (Fsp3) is 0.500. The summed E-state index contributed by atoms with van der Waals surface area (Å²) < 4.78 is 0. The molecule has 0 rings (SSSR count). The maximum atomic E-state index is 10.3. The van der Waals surface area contributed by atoms with E-state index in [1.165, 1.54) is 0 Å². The topological polar surface area (TPSA) is 132 Å². The first kappa shape index (κ1) is 30.8. The Bertz CT molecular complexity index is 249. The molecule has 0 bridgehead atoms. The summed E-state index contributed by atoms with van der Waals surface area (Å²) >= 11 is 0. The van der Waals surface area contributed by atoms with Crippen LogP contribution in [0.15, 0.2) is 0 Å². The summed E-state index contributed by atoms with van der Waals surface area (Å²) in [4.78, 5) is 30.5. The molecule has 0 saturated carbocycles. The van der Waals surface area contributed by atoms with Crippen LogP contribution in [0.25, 0.3) is 0 Å². The fourth-order valence-electron chi connectivity index (χ4n) is 0.714. The number of rotatable bonds is 5. The second-order valence-electron chi connectivity index (χ2n) is 2.48. The molecule has 0 aliphatic heterocycles. The Hall–Kier alpha value is 1.04. The largest absolute Gasteiger partial charge is 0.481 e. The zero-order valence-electron chi connectivity index (χ0n) is 9.05. The van der Waals surface area contributed by atoms with Crippen molar-refractivity contribution in [3.63, 3.8) is 0 Å². The molecule has 0 aromatic heterocycles. The number of hydrogen-bond donors (Lipinski definition) is 4. The van der Waals surface area contributed by atoms with Crippen LogP contribution in [0, 0.1) is 0 Å². The second-order valence-corrected chi connectivity index (χ2v) is 2.48. The molecule has 17 heavy (non-hydrogen) atoms. The monoisotopic (exact) mass is 318 g/mol. The van der Waals surface area contributed by atoms with Gasteiger partial charge in [-0.2, -0.15) is 9.90 Å². The third kappa shape index (κ3) is 13.3. The Morgan fingerprint density at radius 2 is 1.18 bits per heavy atom. The normalized spacial score (nSPS) is 8.29. The van der Waals surface area contributed by atoms with E-state index in [9.17, 15) is 14.4 Å². The average Bonchev–Trinajstić information content (AvgIpc) is 1.82. The number of aliphatic hydroxyl groups is 1. The molecule has 0 aliphatic carbocycles. The van der Waals surface area contributed by atoms with Crippen LogP contribution in [0.3, 0.4) is 0 Å². The maximum absolute atomic E-state index is 10.3. The summed E-state index contributed by atoms with van der Waals surface area (Å²) in [5.41, 5.74) is -2.74. The van der Waals surface area contributed by atoms with Crippen molar-refractivity contribution in [1.82, 2.24) is 0 Å². The maximum Gasteiger partial charge on any atom is 0.336 e. The van der Waals surface area contributed by atoms with Crippen molar-refractivity contribution in [3.05, 3.63) is 0 Å². The summed E-state index contributed by atoms with van der Waals surface area (Å²) in [6.07, 6.45) is -2.29. The van der Waals surface area contributed by atoms with Crippen molar-refractivity contribution < 1.29 is 34.8 Å². The number of aliphatic carboxylic acids is 3. The van der Waals surface area contributed by atoms with Gasteiger partial charge in [0.2, 0.25) is 0 Å². The molecule has 0 spiro atoms. The fourth-order valence-corrected chi connectivity index (χ4v) is 0.714. The van der Waals surface area contributed by atoms with Gasteiger partial charge in [-0.15, -0.1) is 0 Å². The van der Waals surface area contributed by atoms with Crippen LogP contribution in [0.2, 0.25) is 0 Å². The number of carbonyl (C=O) groups is 3. The zero-order valence-corrected chi connectivity index (χ0v) is 15.1. The number of hydrogen-bond acceptors (Lipinski definition) is 4. The summed E-state index contributed by atoms with van der Waals surface area (Å²) in [6, 6.07) is 0. The molecule has 0 aromatic carbocycles. The molecular formula is C6H11CaMgO7PSi. The zero-order chi connectivity index (χ0) is 10.6. The first-order valence-corrected chi connectivity index (χ1v) is 3.17. The van der Waals surface area contributed by atoms with Crippen LogP contribution in [0.1, 0.15) is 12.8 Å². The van der Waals surface area contributed by atoms with Gasteiger partial charge in [0.25, 0.3) is 0 Å². The molecule has 90 valence electrons. The van der Waals surface area contributed by atoms with E-state index in [0.717, 1.165) is 0 Å². The van der Waals surface area contributed by atoms with E-state index in [-0.39, 0.29) is 81.7 Å². The first-order chi connectivity index (χ1) is 5.78. The van der Waals surface area contributed by atoms with Crippen LogP contribution in [0.4, 0.5) is 0 Å². The van der Waals surface area contributed by atoms with Crippen LogP contribution in [0.5, 0.6) is 0 Å². The minimum absolute atomic E-state index is 0. The first-order valence-electron chi connectivity index (χ1n) is 3.17. The predicted molar refractivity (Wildman–Crippen MR) is 65.5 cm³/mol. The van der Waals surface area contributed by atoms with Gasteiger partial charge in [0.05, 0.1) is 12.8 Å². The van der Waals surface area contributed by atoms with Crippen LogP contribution in [-0.4, -0.2) is 116 Å². The minimum Gasteiger partial charge on any atom is -0.481 e. The molecule has 8 radical (unpaired) electrons. The SMILES string of the molecule is O=C(O)CC(O)(CC(=O)O)C(=O)O.P.[Ca].[Mg].[Si]. The molecule has 0 aromatic rings. The molecule has 7 nitrogen and oxygen atoms in total. The van der Waals surface area contributed by atoms with Crippen LogP contribution >= 0.6 is 9.90 Å². The Balaban J connectivity index is -0.000000120. The van der Waals surface area contributed by atoms with Gasteiger partial charge in [0.1, 0.15) is 0 Å². The molecule has 0 amide bonds. The standard InChI is InChI=1S/C6H8O7.Ca.Mg.H3P.Si/c7-3(8)1-6(13,5(11)12)2-4(9)10;;;;/h13H,1-2H2,(H,7,8)(H,9,10)(H,11,12);;;1H3;. The van der Waals surface area contributed by atoms with E-state index in [1.807, 2.05) is 0 Å². The van der Waals surface area contributed by atoms with Gasteiger partial charge in [0.15, 0.2) is 5.60 Å².